The van der Waals surface area contributed by atoms with Gasteiger partial charge in [-0.15, -0.1) is 0 Å². The van der Waals surface area contributed by atoms with Crippen LogP contribution in [0.1, 0.15) is 39.5 Å². The van der Waals surface area contributed by atoms with Gasteiger partial charge in [-0.2, -0.15) is 0 Å². The molecule has 0 aromatic carbocycles. The van der Waals surface area contributed by atoms with Crippen molar-refractivity contribution in [1.82, 2.24) is 15.3 Å². The monoisotopic (exact) mass is 262 g/mol. The van der Waals surface area contributed by atoms with E-state index in [4.69, 9.17) is 0 Å². The molecule has 0 radical (unpaired) electrons. The van der Waals surface area contributed by atoms with Gasteiger partial charge in [0.1, 0.15) is 0 Å². The third kappa shape index (κ3) is 4.46. The number of hydrogen-bond acceptors (Lipinski definition) is 4. The highest BCUT2D eigenvalue weighted by molar-refractivity contribution is 5.29. The number of rotatable bonds is 6. The second-order valence-electron chi connectivity index (χ2n) is 5.64. The molecule has 1 aliphatic heterocycles. The van der Waals surface area contributed by atoms with Crippen molar-refractivity contribution in [2.75, 3.05) is 24.5 Å². The molecule has 1 fully saturated rings. The van der Waals surface area contributed by atoms with Crippen LogP contribution in [-0.4, -0.2) is 35.6 Å². The Morgan fingerprint density at radius 3 is 2.95 bits per heavy atom. The highest BCUT2D eigenvalue weighted by Crippen LogP contribution is 2.15. The zero-order valence-electron chi connectivity index (χ0n) is 12.2. The fourth-order valence-corrected chi connectivity index (χ4v) is 2.74. The van der Waals surface area contributed by atoms with Crippen LogP contribution in [0.5, 0.6) is 0 Å². The van der Waals surface area contributed by atoms with Gasteiger partial charge in [0.25, 0.3) is 0 Å². The molecule has 4 nitrogen and oxygen atoms in total. The molecule has 2 heterocycles. The molecule has 1 N–H and O–H groups in total. The molecule has 0 amide bonds. The van der Waals surface area contributed by atoms with Crippen molar-refractivity contribution in [3.05, 3.63) is 18.5 Å². The van der Waals surface area contributed by atoms with Crippen LogP contribution < -0.4 is 10.2 Å². The van der Waals surface area contributed by atoms with Crippen LogP contribution >= 0.6 is 0 Å². The Balaban J connectivity index is 1.81. The van der Waals surface area contributed by atoms with Crippen LogP contribution in [0, 0.1) is 5.92 Å². The summed E-state index contributed by atoms with van der Waals surface area (Å²) in [6.45, 7) is 7.82. The quantitative estimate of drug-likeness (QED) is 0.855. The Kier molecular flexibility index (Phi) is 5.58. The van der Waals surface area contributed by atoms with E-state index in [0.29, 0.717) is 6.04 Å². The largest absolute Gasteiger partial charge is 0.339 e. The highest BCUT2D eigenvalue weighted by atomic mass is 15.3. The number of anilines is 1. The van der Waals surface area contributed by atoms with E-state index in [1.54, 1.807) is 0 Å². The maximum absolute atomic E-state index is 4.35. The summed E-state index contributed by atoms with van der Waals surface area (Å²) in [5.74, 6) is 1.64. The lowest BCUT2D eigenvalue weighted by atomic mass is 10.0. The average molecular weight is 262 g/mol. The van der Waals surface area contributed by atoms with Gasteiger partial charge < -0.3 is 10.2 Å². The molecule has 19 heavy (non-hydrogen) atoms. The highest BCUT2D eigenvalue weighted by Gasteiger charge is 2.21. The zero-order valence-corrected chi connectivity index (χ0v) is 12.2. The van der Waals surface area contributed by atoms with Crippen molar-refractivity contribution in [2.45, 2.75) is 45.6 Å². The number of hydrogen-bond donors (Lipinski definition) is 1. The van der Waals surface area contributed by atoms with E-state index in [9.17, 15) is 0 Å². The van der Waals surface area contributed by atoms with Gasteiger partial charge in [-0.3, -0.25) is 0 Å². The average Bonchev–Trinajstić information content (AvgIpc) is 2.47. The molecule has 0 aliphatic carbocycles. The Labute approximate surface area is 116 Å². The Hall–Kier alpha value is -1.16. The topological polar surface area (TPSA) is 41.0 Å². The Bertz CT molecular complexity index is 354. The van der Waals surface area contributed by atoms with Gasteiger partial charge in [-0.25, -0.2) is 9.97 Å². The maximum Gasteiger partial charge on any atom is 0.225 e. The molecule has 0 saturated carbocycles. The van der Waals surface area contributed by atoms with Crippen molar-refractivity contribution >= 4 is 5.95 Å². The molecule has 1 aromatic rings. The Morgan fingerprint density at radius 1 is 1.42 bits per heavy atom. The smallest absolute Gasteiger partial charge is 0.225 e. The summed E-state index contributed by atoms with van der Waals surface area (Å²) in [5, 5.41) is 3.71. The molecule has 0 spiro atoms. The van der Waals surface area contributed by atoms with Crippen LogP contribution in [0.15, 0.2) is 18.5 Å². The summed E-state index contributed by atoms with van der Waals surface area (Å²) in [4.78, 5) is 11.0. The molecule has 106 valence electrons. The molecule has 1 aliphatic rings. The number of piperidine rings is 1. The first-order valence-corrected chi connectivity index (χ1v) is 7.55. The molecule has 0 bridgehead atoms. The van der Waals surface area contributed by atoms with E-state index in [2.05, 4.69) is 34.0 Å². The summed E-state index contributed by atoms with van der Waals surface area (Å²) >= 11 is 0. The first-order chi connectivity index (χ1) is 9.29. The van der Waals surface area contributed by atoms with Gasteiger partial charge >= 0.3 is 0 Å². The number of nitrogens with one attached hydrogen (secondary N) is 1. The second kappa shape index (κ2) is 7.43. The van der Waals surface area contributed by atoms with Crippen molar-refractivity contribution in [3.8, 4) is 0 Å². The van der Waals surface area contributed by atoms with Crippen molar-refractivity contribution < 1.29 is 0 Å². The maximum atomic E-state index is 4.35. The summed E-state index contributed by atoms with van der Waals surface area (Å²) in [7, 11) is 0. The van der Waals surface area contributed by atoms with Gasteiger partial charge in [-0.05, 0) is 37.8 Å². The minimum Gasteiger partial charge on any atom is -0.339 e. The molecule has 2 rings (SSSR count). The lowest BCUT2D eigenvalue weighted by molar-refractivity contribution is 0.379. The number of aromatic nitrogens is 2. The normalized spacial score (nSPS) is 21.4. The van der Waals surface area contributed by atoms with Gasteiger partial charge in [0, 0.05) is 31.5 Å². The van der Waals surface area contributed by atoms with Crippen molar-refractivity contribution in [2.24, 2.45) is 5.92 Å². The molecule has 4 heteroatoms. The van der Waals surface area contributed by atoms with Crippen LogP contribution in [-0.2, 0) is 0 Å². The molecular weight excluding hydrogens is 236 g/mol. The van der Waals surface area contributed by atoms with Crippen LogP contribution in [0.3, 0.4) is 0 Å². The fourth-order valence-electron chi connectivity index (χ4n) is 2.74. The summed E-state index contributed by atoms with van der Waals surface area (Å²) < 4.78 is 0. The third-order valence-corrected chi connectivity index (χ3v) is 3.79. The van der Waals surface area contributed by atoms with E-state index >= 15 is 0 Å². The third-order valence-electron chi connectivity index (χ3n) is 3.79. The first kappa shape index (κ1) is 14.3. The molecule has 1 aromatic heterocycles. The molecular formula is C15H26N4. The summed E-state index contributed by atoms with van der Waals surface area (Å²) in [6, 6.07) is 2.45. The molecule has 1 saturated heterocycles. The predicted molar refractivity (Wildman–Crippen MR) is 79.3 cm³/mol. The standard InChI is InChI=1S/C15H26N4/c1-3-6-13(2)11-18-14-7-4-10-19(12-14)15-16-8-5-9-17-15/h5,8-9,13-14,18H,3-4,6-7,10-12H2,1-2H3. The van der Waals surface area contributed by atoms with E-state index in [1.165, 1.54) is 25.7 Å². The van der Waals surface area contributed by atoms with E-state index in [0.717, 1.165) is 31.5 Å². The van der Waals surface area contributed by atoms with Crippen LogP contribution in [0.2, 0.25) is 0 Å². The molecule has 2 unspecified atom stereocenters. The Morgan fingerprint density at radius 2 is 2.21 bits per heavy atom. The zero-order chi connectivity index (χ0) is 13.5. The van der Waals surface area contributed by atoms with Crippen LogP contribution in [0.4, 0.5) is 5.95 Å². The fraction of sp³-hybridized carbons (Fsp3) is 0.733. The summed E-state index contributed by atoms with van der Waals surface area (Å²) in [5.41, 5.74) is 0. The SMILES string of the molecule is CCCC(C)CNC1CCCN(c2ncccn2)C1. The van der Waals surface area contributed by atoms with Crippen molar-refractivity contribution in [3.63, 3.8) is 0 Å². The minimum atomic E-state index is 0.580. The predicted octanol–water partition coefficient (Wildman–Crippen LogP) is 2.47. The lowest BCUT2D eigenvalue weighted by Gasteiger charge is -2.33. The molecule has 2 atom stereocenters. The van der Waals surface area contributed by atoms with Crippen LogP contribution in [0.25, 0.3) is 0 Å². The van der Waals surface area contributed by atoms with Gasteiger partial charge in [0.05, 0.1) is 0 Å². The second-order valence-corrected chi connectivity index (χ2v) is 5.64. The van der Waals surface area contributed by atoms with E-state index in [-0.39, 0.29) is 0 Å². The van der Waals surface area contributed by atoms with Crippen molar-refractivity contribution in [1.29, 1.82) is 0 Å². The first-order valence-electron chi connectivity index (χ1n) is 7.55. The van der Waals surface area contributed by atoms with E-state index < -0.39 is 0 Å². The van der Waals surface area contributed by atoms with Gasteiger partial charge in [0.2, 0.25) is 5.95 Å². The lowest BCUT2D eigenvalue weighted by Crippen LogP contribution is -2.47. The minimum absolute atomic E-state index is 0.580. The summed E-state index contributed by atoms with van der Waals surface area (Å²) in [6.07, 6.45) is 8.72. The van der Waals surface area contributed by atoms with Gasteiger partial charge in [0.15, 0.2) is 0 Å². The van der Waals surface area contributed by atoms with Gasteiger partial charge in [-0.1, -0.05) is 20.3 Å². The number of nitrogens with zero attached hydrogens (tertiary/aromatic N) is 3. The van der Waals surface area contributed by atoms with E-state index in [1.807, 2.05) is 18.5 Å².